The van der Waals surface area contributed by atoms with Gasteiger partial charge in [-0.25, -0.2) is 0 Å². The van der Waals surface area contributed by atoms with Crippen molar-refractivity contribution >= 4 is 0 Å². The van der Waals surface area contributed by atoms with E-state index in [9.17, 15) is 0 Å². The Kier molecular flexibility index (Phi) is 19.5. The summed E-state index contributed by atoms with van der Waals surface area (Å²) in [6.45, 7) is 27.5. The first-order chi connectivity index (χ1) is 21.3. The van der Waals surface area contributed by atoms with Crippen LogP contribution < -0.4 is 9.47 Å². The van der Waals surface area contributed by atoms with Gasteiger partial charge in [0.1, 0.15) is 0 Å². The predicted molar refractivity (Wildman–Crippen MR) is 192 cm³/mol. The molecule has 2 heterocycles. The fourth-order valence-electron chi connectivity index (χ4n) is 5.62. The van der Waals surface area contributed by atoms with E-state index in [1.54, 1.807) is 16.7 Å². The van der Waals surface area contributed by atoms with Gasteiger partial charge in [-0.3, -0.25) is 0 Å². The minimum absolute atomic E-state index is 0.358. The minimum atomic E-state index is 0.358. The number of rotatable bonds is 3. The SMILES string of the molecule is CC.CC.CC.CC(C)c1ccc2c(c1)OCO2.CC(C)c1cccc2c1CCCC2.CC(C)c1cccc2c1CCOC2. The molecule has 3 heteroatoms. The number of aryl methyl sites for hydroxylation is 1. The zero-order valence-corrected chi connectivity index (χ0v) is 30.3. The van der Waals surface area contributed by atoms with E-state index in [4.69, 9.17) is 14.2 Å². The zero-order chi connectivity index (χ0) is 33.1. The van der Waals surface area contributed by atoms with E-state index in [-0.39, 0.29) is 0 Å². The van der Waals surface area contributed by atoms with Crippen LogP contribution in [-0.4, -0.2) is 13.4 Å². The molecular formula is C41H64O3. The highest BCUT2D eigenvalue weighted by atomic mass is 16.7. The molecule has 0 aromatic heterocycles. The number of hydrogen-bond acceptors (Lipinski definition) is 3. The quantitative estimate of drug-likeness (QED) is 0.298. The Morgan fingerprint density at radius 2 is 1.09 bits per heavy atom. The summed E-state index contributed by atoms with van der Waals surface area (Å²) in [7, 11) is 0. The second-order valence-electron chi connectivity index (χ2n) is 11.6. The van der Waals surface area contributed by atoms with Gasteiger partial charge in [-0.1, -0.05) is 126 Å². The number of ether oxygens (including phenoxy) is 3. The van der Waals surface area contributed by atoms with E-state index in [1.165, 1.54) is 47.9 Å². The molecule has 0 saturated carbocycles. The molecule has 246 valence electrons. The molecule has 0 spiro atoms. The highest BCUT2D eigenvalue weighted by Gasteiger charge is 2.16. The van der Waals surface area contributed by atoms with Crippen LogP contribution in [0.25, 0.3) is 0 Å². The standard InChI is InChI=1S/C13H18.C12H16O.C10H12O2.3C2H6/c1-10(2)12-9-5-7-11-6-3-4-8-13(11)12;1-9(2)11-5-3-4-10-8-13-7-6-12(10)11;1-7(2)8-3-4-9-10(5-8)12-6-11-9;3*1-2/h5,7,9-10H,3-4,6,8H2,1-2H3;3-5,9H,6-8H2,1-2H3;3-5,7H,6H2,1-2H3;3*1-2H3. The second-order valence-corrected chi connectivity index (χ2v) is 11.6. The largest absolute Gasteiger partial charge is 0.454 e. The van der Waals surface area contributed by atoms with Crippen molar-refractivity contribution in [2.75, 3.05) is 13.4 Å². The third-order valence-electron chi connectivity index (χ3n) is 7.80. The molecule has 0 bridgehead atoms. The van der Waals surface area contributed by atoms with Gasteiger partial charge >= 0.3 is 0 Å². The van der Waals surface area contributed by atoms with Gasteiger partial charge in [0.15, 0.2) is 11.5 Å². The van der Waals surface area contributed by atoms with E-state index in [0.29, 0.717) is 24.5 Å². The Morgan fingerprint density at radius 3 is 1.68 bits per heavy atom. The lowest BCUT2D eigenvalue weighted by Gasteiger charge is -2.21. The molecule has 3 aromatic rings. The van der Waals surface area contributed by atoms with Crippen LogP contribution in [0.15, 0.2) is 54.6 Å². The van der Waals surface area contributed by atoms with Crippen molar-refractivity contribution < 1.29 is 14.2 Å². The van der Waals surface area contributed by atoms with Gasteiger partial charge in [0, 0.05) is 0 Å². The first-order valence-electron chi connectivity index (χ1n) is 17.5. The normalized spacial score (nSPS) is 13.6. The van der Waals surface area contributed by atoms with Crippen LogP contribution in [0, 0.1) is 0 Å². The van der Waals surface area contributed by atoms with E-state index in [1.807, 2.05) is 53.7 Å². The van der Waals surface area contributed by atoms with Gasteiger partial charge in [-0.15, -0.1) is 0 Å². The number of fused-ring (bicyclic) bond motifs is 3. The van der Waals surface area contributed by atoms with Crippen LogP contribution in [0.5, 0.6) is 11.5 Å². The maximum absolute atomic E-state index is 5.43. The Bertz CT molecular complexity index is 1130. The average molecular weight is 605 g/mol. The molecule has 0 amide bonds. The lowest BCUT2D eigenvalue weighted by atomic mass is 9.85. The fourth-order valence-corrected chi connectivity index (χ4v) is 5.62. The van der Waals surface area contributed by atoms with Crippen LogP contribution in [-0.2, 0) is 30.6 Å². The average Bonchev–Trinajstić information content (AvgIpc) is 3.56. The highest BCUT2D eigenvalue weighted by molar-refractivity contribution is 5.45. The number of benzene rings is 3. The van der Waals surface area contributed by atoms with Crippen LogP contribution >= 0.6 is 0 Å². The summed E-state index contributed by atoms with van der Waals surface area (Å²) in [5.74, 6) is 3.60. The molecule has 0 atom stereocenters. The second kappa shape index (κ2) is 21.8. The summed E-state index contributed by atoms with van der Waals surface area (Å²) in [4.78, 5) is 0. The van der Waals surface area contributed by atoms with Crippen molar-refractivity contribution in [3.05, 3.63) is 93.5 Å². The van der Waals surface area contributed by atoms with Gasteiger partial charge in [0.25, 0.3) is 0 Å². The maximum atomic E-state index is 5.43. The molecule has 3 nitrogen and oxygen atoms in total. The van der Waals surface area contributed by atoms with Crippen molar-refractivity contribution in [2.24, 2.45) is 0 Å². The van der Waals surface area contributed by atoms with Crippen molar-refractivity contribution in [3.8, 4) is 11.5 Å². The van der Waals surface area contributed by atoms with Crippen molar-refractivity contribution in [1.29, 1.82) is 0 Å². The third kappa shape index (κ3) is 11.6. The molecular weight excluding hydrogens is 540 g/mol. The van der Waals surface area contributed by atoms with Crippen LogP contribution in [0.4, 0.5) is 0 Å². The fraction of sp³-hybridized carbons (Fsp3) is 0.561. The summed E-state index contributed by atoms with van der Waals surface area (Å²) in [6.07, 6.45) is 6.47. The maximum Gasteiger partial charge on any atom is 0.231 e. The summed E-state index contributed by atoms with van der Waals surface area (Å²) in [5, 5.41) is 0. The lowest BCUT2D eigenvalue weighted by Crippen LogP contribution is -2.12. The first-order valence-corrected chi connectivity index (χ1v) is 17.5. The van der Waals surface area contributed by atoms with Crippen molar-refractivity contribution in [3.63, 3.8) is 0 Å². The lowest BCUT2D eigenvalue weighted by molar-refractivity contribution is 0.110. The summed E-state index contributed by atoms with van der Waals surface area (Å²) in [6, 6.07) is 19.5. The molecule has 0 N–H and O–H groups in total. The summed E-state index contributed by atoms with van der Waals surface area (Å²) >= 11 is 0. The van der Waals surface area contributed by atoms with E-state index < -0.39 is 0 Å². The number of hydrogen-bond donors (Lipinski definition) is 0. The molecule has 0 unspecified atom stereocenters. The molecule has 2 aliphatic heterocycles. The summed E-state index contributed by atoms with van der Waals surface area (Å²) < 4.78 is 15.9. The minimum Gasteiger partial charge on any atom is -0.454 e. The van der Waals surface area contributed by atoms with Crippen LogP contribution in [0.2, 0.25) is 0 Å². The van der Waals surface area contributed by atoms with Gasteiger partial charge in [0.05, 0.1) is 13.2 Å². The van der Waals surface area contributed by atoms with Gasteiger partial charge in [-0.05, 0) is 101 Å². The van der Waals surface area contributed by atoms with Crippen LogP contribution in [0.3, 0.4) is 0 Å². The Hall–Kier alpha value is -2.78. The highest BCUT2D eigenvalue weighted by Crippen LogP contribution is 2.34. The predicted octanol–water partition coefficient (Wildman–Crippen LogP) is 12.2. The van der Waals surface area contributed by atoms with Crippen molar-refractivity contribution in [1.82, 2.24) is 0 Å². The Labute approximate surface area is 271 Å². The molecule has 3 aromatic carbocycles. The monoisotopic (exact) mass is 604 g/mol. The molecule has 1 aliphatic carbocycles. The molecule has 6 rings (SSSR count). The molecule has 3 aliphatic rings. The van der Waals surface area contributed by atoms with Gasteiger partial charge < -0.3 is 14.2 Å². The molecule has 44 heavy (non-hydrogen) atoms. The topological polar surface area (TPSA) is 27.7 Å². The van der Waals surface area contributed by atoms with Gasteiger partial charge in [-0.2, -0.15) is 0 Å². The van der Waals surface area contributed by atoms with E-state index in [0.717, 1.165) is 31.1 Å². The summed E-state index contributed by atoms with van der Waals surface area (Å²) in [5.41, 5.74) is 10.6. The van der Waals surface area contributed by atoms with Crippen molar-refractivity contribution in [2.45, 2.75) is 140 Å². The smallest absolute Gasteiger partial charge is 0.231 e. The Morgan fingerprint density at radius 1 is 0.545 bits per heavy atom. The molecule has 0 fully saturated rings. The molecule has 0 radical (unpaired) electrons. The molecule has 0 saturated heterocycles. The van der Waals surface area contributed by atoms with E-state index >= 15 is 0 Å². The third-order valence-corrected chi connectivity index (χ3v) is 7.80. The van der Waals surface area contributed by atoms with Gasteiger partial charge in [0.2, 0.25) is 6.79 Å². The first kappa shape index (κ1) is 39.2. The zero-order valence-electron chi connectivity index (χ0n) is 30.3. The van der Waals surface area contributed by atoms with Crippen LogP contribution in [0.1, 0.15) is 153 Å². The van der Waals surface area contributed by atoms with E-state index in [2.05, 4.69) is 84.0 Å². The Balaban J connectivity index is 0.000000304.